The number of hydrogen-bond acceptors (Lipinski definition) is 2. The summed E-state index contributed by atoms with van der Waals surface area (Å²) in [6, 6.07) is 0. The Balaban J connectivity index is 0. The highest BCUT2D eigenvalue weighted by molar-refractivity contribution is 5.75. The molecule has 7 heavy (non-hydrogen) atoms. The third kappa shape index (κ3) is 10.8. The second-order valence-corrected chi connectivity index (χ2v) is 0.925. The Morgan fingerprint density at radius 3 is 2.14 bits per heavy atom. The molecule has 0 saturated carbocycles. The van der Waals surface area contributed by atoms with Crippen molar-refractivity contribution in [3.8, 4) is 0 Å². The molecule has 0 aliphatic rings. The van der Waals surface area contributed by atoms with E-state index in [0.29, 0.717) is 6.61 Å². The summed E-state index contributed by atoms with van der Waals surface area (Å²) in [5, 5.41) is 0. The molecule has 0 rings (SSSR count). The van der Waals surface area contributed by atoms with Gasteiger partial charge in [-0.15, -0.1) is 0 Å². The molecule has 0 bridgehead atoms. The zero-order chi connectivity index (χ0) is 4.99. The van der Waals surface area contributed by atoms with Crippen LogP contribution in [0.2, 0.25) is 0 Å². The van der Waals surface area contributed by atoms with Crippen LogP contribution in [0.1, 0.15) is 13.8 Å². The van der Waals surface area contributed by atoms with Gasteiger partial charge >= 0.3 is 5.97 Å². The molecule has 0 N–H and O–H groups in total. The summed E-state index contributed by atoms with van der Waals surface area (Å²) in [6.07, 6.45) is 0. The number of carbonyl (C=O) groups excluding carboxylic acids is 1. The Hall–Kier alpha value is -0.465. The summed E-state index contributed by atoms with van der Waals surface area (Å²) in [7, 11) is 0. The Bertz CT molecular complexity index is 53.7. The fraction of sp³-hybridized carbons (Fsp3) is 0.750. The maximum absolute atomic E-state index is 9.82. The zero-order valence-electron chi connectivity index (χ0n) is 4.02. The van der Waals surface area contributed by atoms with Crippen molar-refractivity contribution in [1.82, 2.24) is 0 Å². The van der Waals surface area contributed by atoms with Gasteiger partial charge in [0.15, 0.2) is 0 Å². The van der Waals surface area contributed by atoms with Crippen LogP contribution < -0.4 is 0 Å². The van der Waals surface area contributed by atoms with E-state index < -0.39 is 0 Å². The fourth-order valence-electron chi connectivity index (χ4n) is 0.203. The van der Waals surface area contributed by atoms with Crippen LogP contribution in [-0.2, 0) is 9.53 Å². The molecule has 0 amide bonds. The molecule has 42 valence electrons. The topological polar surface area (TPSA) is 26.3 Å². The molecule has 0 heterocycles. The van der Waals surface area contributed by atoms with Crippen LogP contribution in [0.5, 0.6) is 0 Å². The normalized spacial score (nSPS) is 6.57. The predicted octanol–water partition coefficient (Wildman–Crippen LogP) is -0.615. The smallest absolute Gasteiger partial charge is 0.302 e. The van der Waals surface area contributed by atoms with Gasteiger partial charge in [0.1, 0.15) is 0 Å². The van der Waals surface area contributed by atoms with Crippen molar-refractivity contribution >= 4 is 14.4 Å². The first-order chi connectivity index (χ1) is 2.77. The van der Waals surface area contributed by atoms with Crippen LogP contribution in [0.15, 0.2) is 0 Å². The van der Waals surface area contributed by atoms with Gasteiger partial charge in [-0.25, -0.2) is 0 Å². The molecule has 0 aromatic rings. The van der Waals surface area contributed by atoms with E-state index in [9.17, 15) is 4.79 Å². The molecule has 0 aliphatic carbocycles. The number of hydrogen-bond donors (Lipinski definition) is 0. The second-order valence-electron chi connectivity index (χ2n) is 0.925. The van der Waals surface area contributed by atoms with Gasteiger partial charge in [-0.1, -0.05) is 0 Å². The fourth-order valence-corrected chi connectivity index (χ4v) is 0.203. The van der Waals surface area contributed by atoms with E-state index in [2.05, 4.69) is 4.74 Å². The Kier molecular flexibility index (Phi) is 7.70. The lowest BCUT2D eigenvalue weighted by Gasteiger charge is -1.89. The first-order valence-electron chi connectivity index (χ1n) is 1.90. The third-order valence-electron chi connectivity index (χ3n) is 0.348. The minimum absolute atomic E-state index is 0. The molecule has 0 atom stereocenters. The second kappa shape index (κ2) is 5.53. The molecule has 0 fully saturated rings. The van der Waals surface area contributed by atoms with Crippen molar-refractivity contribution in [3.63, 3.8) is 0 Å². The predicted molar refractivity (Wildman–Crippen MR) is 32.2 cm³/mol. The lowest BCUT2D eigenvalue weighted by atomic mass is 10.8. The van der Waals surface area contributed by atoms with Crippen molar-refractivity contribution in [2.45, 2.75) is 13.8 Å². The highest BCUT2D eigenvalue weighted by Gasteiger charge is 1.81. The lowest BCUT2D eigenvalue weighted by Crippen LogP contribution is -1.95. The standard InChI is InChI=1S/C4H8O2.BH3/c1-3-6-4(2)5;/h3H2,1-2H3;1H3. The van der Waals surface area contributed by atoms with Crippen molar-refractivity contribution in [2.24, 2.45) is 0 Å². The van der Waals surface area contributed by atoms with E-state index in [1.807, 2.05) is 0 Å². The largest absolute Gasteiger partial charge is 0.466 e. The summed E-state index contributed by atoms with van der Waals surface area (Å²) in [5.74, 6) is -0.211. The molecular weight excluding hydrogens is 90.9 g/mol. The molecule has 0 aromatic carbocycles. The van der Waals surface area contributed by atoms with Crippen LogP contribution in [0.4, 0.5) is 0 Å². The van der Waals surface area contributed by atoms with E-state index in [1.54, 1.807) is 6.92 Å². The monoisotopic (exact) mass is 102 g/mol. The Morgan fingerprint density at radius 1 is 1.71 bits per heavy atom. The molecule has 3 heteroatoms. The van der Waals surface area contributed by atoms with Crippen LogP contribution >= 0.6 is 0 Å². The molecule has 0 saturated heterocycles. The van der Waals surface area contributed by atoms with Gasteiger partial charge in [0.2, 0.25) is 0 Å². The van der Waals surface area contributed by atoms with Crippen molar-refractivity contribution < 1.29 is 9.53 Å². The van der Waals surface area contributed by atoms with E-state index in [4.69, 9.17) is 0 Å². The van der Waals surface area contributed by atoms with Gasteiger partial charge in [0.25, 0.3) is 0 Å². The minimum atomic E-state index is -0.211. The van der Waals surface area contributed by atoms with Crippen molar-refractivity contribution in [1.29, 1.82) is 0 Å². The van der Waals surface area contributed by atoms with Crippen LogP contribution in [0.25, 0.3) is 0 Å². The molecule has 0 aliphatic heterocycles. The Labute approximate surface area is 45.4 Å². The average molecular weight is 102 g/mol. The molecule has 0 aromatic heterocycles. The first kappa shape index (κ1) is 9.73. The Morgan fingerprint density at radius 2 is 2.14 bits per heavy atom. The zero-order valence-corrected chi connectivity index (χ0v) is 4.02. The SMILES string of the molecule is B.CCOC(C)=O. The van der Waals surface area contributed by atoms with Crippen LogP contribution in [-0.4, -0.2) is 21.0 Å². The van der Waals surface area contributed by atoms with Crippen molar-refractivity contribution in [3.05, 3.63) is 0 Å². The molecule has 2 nitrogen and oxygen atoms in total. The molecular formula is C4H11BO2. The van der Waals surface area contributed by atoms with Crippen LogP contribution in [0.3, 0.4) is 0 Å². The molecule has 0 spiro atoms. The summed E-state index contributed by atoms with van der Waals surface area (Å²) >= 11 is 0. The maximum Gasteiger partial charge on any atom is 0.302 e. The molecule has 0 unspecified atom stereocenters. The van der Waals surface area contributed by atoms with E-state index in [1.165, 1.54) is 6.92 Å². The van der Waals surface area contributed by atoms with Crippen LogP contribution in [0, 0.1) is 0 Å². The lowest BCUT2D eigenvalue weighted by molar-refractivity contribution is -0.140. The van der Waals surface area contributed by atoms with Gasteiger partial charge < -0.3 is 4.74 Å². The third-order valence-corrected chi connectivity index (χ3v) is 0.348. The van der Waals surface area contributed by atoms with E-state index >= 15 is 0 Å². The maximum atomic E-state index is 9.82. The number of ether oxygens (including phenoxy) is 1. The van der Waals surface area contributed by atoms with Crippen molar-refractivity contribution in [2.75, 3.05) is 6.61 Å². The van der Waals surface area contributed by atoms with E-state index in [-0.39, 0.29) is 14.4 Å². The number of rotatable bonds is 1. The number of carbonyl (C=O) groups is 1. The quantitative estimate of drug-likeness (QED) is 0.326. The average Bonchev–Trinajstić information content (AvgIpc) is 1.35. The van der Waals surface area contributed by atoms with Gasteiger partial charge in [0.05, 0.1) is 15.0 Å². The highest BCUT2D eigenvalue weighted by atomic mass is 16.5. The minimum Gasteiger partial charge on any atom is -0.466 e. The summed E-state index contributed by atoms with van der Waals surface area (Å²) < 4.78 is 4.40. The van der Waals surface area contributed by atoms with Gasteiger partial charge in [-0.2, -0.15) is 0 Å². The summed E-state index contributed by atoms with van der Waals surface area (Å²) in [6.45, 7) is 3.65. The number of esters is 1. The summed E-state index contributed by atoms with van der Waals surface area (Å²) in [5.41, 5.74) is 0. The first-order valence-corrected chi connectivity index (χ1v) is 1.90. The molecule has 0 radical (unpaired) electrons. The van der Waals surface area contributed by atoms with Gasteiger partial charge in [-0.05, 0) is 6.92 Å². The van der Waals surface area contributed by atoms with E-state index in [0.717, 1.165) is 0 Å². The van der Waals surface area contributed by atoms with Gasteiger partial charge in [-0.3, -0.25) is 4.79 Å². The highest BCUT2D eigenvalue weighted by Crippen LogP contribution is 1.69. The summed E-state index contributed by atoms with van der Waals surface area (Å²) in [4.78, 5) is 9.82. The van der Waals surface area contributed by atoms with Gasteiger partial charge in [0, 0.05) is 6.92 Å².